The quantitative estimate of drug-likeness (QED) is 0.793. The van der Waals surface area contributed by atoms with Crippen LogP contribution in [0.5, 0.6) is 5.75 Å². The molecule has 20 heavy (non-hydrogen) atoms. The average Bonchev–Trinajstić information content (AvgIpc) is 2.83. The maximum absolute atomic E-state index is 8.81. The maximum atomic E-state index is 8.81. The van der Waals surface area contributed by atoms with E-state index in [1.54, 1.807) is 0 Å². The first-order valence-corrected chi connectivity index (χ1v) is 7.93. The summed E-state index contributed by atoms with van der Waals surface area (Å²) in [5, 5.41) is 8.81. The zero-order valence-electron chi connectivity index (χ0n) is 12.2. The first-order chi connectivity index (χ1) is 9.60. The van der Waals surface area contributed by atoms with E-state index < -0.39 is 0 Å². The van der Waals surface area contributed by atoms with Crippen LogP contribution in [0.4, 0.5) is 0 Å². The van der Waals surface area contributed by atoms with E-state index in [2.05, 4.69) is 52.9 Å². The Balaban J connectivity index is 2.15. The van der Waals surface area contributed by atoms with Gasteiger partial charge in [0.2, 0.25) is 0 Å². The third-order valence-corrected chi connectivity index (χ3v) is 3.84. The third kappa shape index (κ3) is 3.97. The van der Waals surface area contributed by atoms with Crippen molar-refractivity contribution in [2.24, 2.45) is 5.92 Å². The second kappa shape index (κ2) is 7.10. The summed E-state index contributed by atoms with van der Waals surface area (Å²) in [5.41, 5.74) is 2.52. The van der Waals surface area contributed by atoms with Gasteiger partial charge in [0.25, 0.3) is 0 Å². The summed E-state index contributed by atoms with van der Waals surface area (Å²) < 4.78 is 6.89. The lowest BCUT2D eigenvalue weighted by Crippen LogP contribution is -2.28. The summed E-state index contributed by atoms with van der Waals surface area (Å²) in [7, 11) is 0. The Morgan fingerprint density at radius 1 is 1.45 bits per heavy atom. The van der Waals surface area contributed by atoms with Gasteiger partial charge < -0.3 is 4.74 Å². The van der Waals surface area contributed by atoms with Crippen LogP contribution in [0.2, 0.25) is 0 Å². The van der Waals surface area contributed by atoms with Crippen LogP contribution in [0.1, 0.15) is 31.4 Å². The number of nitrogens with zero attached hydrogens (tertiary/aromatic N) is 2. The lowest BCUT2D eigenvalue weighted by atomic mass is 10.1. The standard InChI is InChI=1S/C16H21BrN2O/c1-12(2)10-19(6-3-5-18)11-14-9-15(17)8-13-4-7-20-16(13)14/h8-9,12H,3-4,6-7,10-11H2,1-2H3. The molecule has 1 aliphatic rings. The van der Waals surface area contributed by atoms with Crippen LogP contribution < -0.4 is 4.74 Å². The fourth-order valence-electron chi connectivity index (χ4n) is 2.66. The highest BCUT2D eigenvalue weighted by molar-refractivity contribution is 9.10. The van der Waals surface area contributed by atoms with Gasteiger partial charge in [-0.15, -0.1) is 0 Å². The molecule has 0 aliphatic carbocycles. The molecule has 3 nitrogen and oxygen atoms in total. The minimum atomic E-state index is 0.573. The van der Waals surface area contributed by atoms with Gasteiger partial charge >= 0.3 is 0 Å². The van der Waals surface area contributed by atoms with Crippen LogP contribution >= 0.6 is 15.9 Å². The van der Waals surface area contributed by atoms with Gasteiger partial charge in [0.1, 0.15) is 5.75 Å². The van der Waals surface area contributed by atoms with Crippen LogP contribution in [0.3, 0.4) is 0 Å². The fourth-order valence-corrected chi connectivity index (χ4v) is 3.22. The van der Waals surface area contributed by atoms with Crippen molar-refractivity contribution in [2.45, 2.75) is 33.2 Å². The smallest absolute Gasteiger partial charge is 0.127 e. The number of nitriles is 1. The van der Waals surface area contributed by atoms with Gasteiger partial charge in [0, 0.05) is 42.5 Å². The Hall–Kier alpha value is -1.05. The SMILES string of the molecule is CC(C)CN(CCC#N)Cc1cc(Br)cc2c1OCC2. The van der Waals surface area contributed by atoms with E-state index in [0.717, 1.165) is 42.9 Å². The molecule has 0 aromatic heterocycles. The normalized spacial score (nSPS) is 13.4. The zero-order valence-corrected chi connectivity index (χ0v) is 13.7. The van der Waals surface area contributed by atoms with Crippen molar-refractivity contribution < 1.29 is 4.74 Å². The van der Waals surface area contributed by atoms with Crippen molar-refractivity contribution in [1.29, 1.82) is 5.26 Å². The molecule has 4 heteroatoms. The van der Waals surface area contributed by atoms with Crippen LogP contribution in [-0.2, 0) is 13.0 Å². The van der Waals surface area contributed by atoms with E-state index in [4.69, 9.17) is 10.00 Å². The first-order valence-electron chi connectivity index (χ1n) is 7.13. The van der Waals surface area contributed by atoms with E-state index in [0.29, 0.717) is 12.3 Å². The number of rotatable bonds is 6. The predicted molar refractivity (Wildman–Crippen MR) is 83.7 cm³/mol. The summed E-state index contributed by atoms with van der Waals surface area (Å²) in [6.45, 7) is 7.87. The van der Waals surface area contributed by atoms with Crippen molar-refractivity contribution in [3.63, 3.8) is 0 Å². The monoisotopic (exact) mass is 336 g/mol. The Morgan fingerprint density at radius 2 is 2.25 bits per heavy atom. The van der Waals surface area contributed by atoms with E-state index in [1.807, 2.05) is 0 Å². The summed E-state index contributed by atoms with van der Waals surface area (Å²) in [6, 6.07) is 6.53. The minimum absolute atomic E-state index is 0.573. The Labute approximate surface area is 129 Å². The molecule has 0 N–H and O–H groups in total. The van der Waals surface area contributed by atoms with Crippen LogP contribution in [0.25, 0.3) is 0 Å². The largest absolute Gasteiger partial charge is 0.493 e. The molecule has 1 aliphatic heterocycles. The molecule has 0 fully saturated rings. The maximum Gasteiger partial charge on any atom is 0.127 e. The van der Waals surface area contributed by atoms with Crippen molar-refractivity contribution in [3.05, 3.63) is 27.7 Å². The topological polar surface area (TPSA) is 36.3 Å². The lowest BCUT2D eigenvalue weighted by Gasteiger charge is -2.24. The van der Waals surface area contributed by atoms with Crippen LogP contribution in [0, 0.1) is 17.2 Å². The van der Waals surface area contributed by atoms with Crippen molar-refractivity contribution in [1.82, 2.24) is 4.90 Å². The Kier molecular flexibility index (Phi) is 5.45. The van der Waals surface area contributed by atoms with Crippen molar-refractivity contribution in [2.75, 3.05) is 19.7 Å². The molecule has 1 aromatic rings. The van der Waals surface area contributed by atoms with E-state index in [-0.39, 0.29) is 0 Å². The molecule has 0 bridgehead atoms. The molecule has 108 valence electrons. The third-order valence-electron chi connectivity index (χ3n) is 3.38. The lowest BCUT2D eigenvalue weighted by molar-refractivity contribution is 0.237. The molecule has 0 spiro atoms. The molecule has 0 amide bonds. The summed E-state index contributed by atoms with van der Waals surface area (Å²) in [5.74, 6) is 1.65. The second-order valence-corrected chi connectivity index (χ2v) is 6.60. The molecular formula is C16H21BrN2O. The summed E-state index contributed by atoms with van der Waals surface area (Å²) in [4.78, 5) is 2.34. The van der Waals surface area contributed by atoms with Crippen molar-refractivity contribution in [3.8, 4) is 11.8 Å². The number of hydrogen-bond donors (Lipinski definition) is 0. The van der Waals surface area contributed by atoms with Gasteiger partial charge in [-0.25, -0.2) is 0 Å². The number of ether oxygens (including phenoxy) is 1. The number of benzene rings is 1. The number of hydrogen-bond acceptors (Lipinski definition) is 3. The minimum Gasteiger partial charge on any atom is -0.493 e. The molecule has 0 saturated carbocycles. The number of fused-ring (bicyclic) bond motifs is 1. The van der Waals surface area contributed by atoms with E-state index >= 15 is 0 Å². The van der Waals surface area contributed by atoms with Crippen molar-refractivity contribution >= 4 is 15.9 Å². The van der Waals surface area contributed by atoms with Gasteiger partial charge in [0.05, 0.1) is 12.7 Å². The molecule has 1 aromatic carbocycles. The molecule has 0 atom stereocenters. The zero-order chi connectivity index (χ0) is 14.5. The molecule has 0 radical (unpaired) electrons. The highest BCUT2D eigenvalue weighted by atomic mass is 79.9. The van der Waals surface area contributed by atoms with Crippen LogP contribution in [-0.4, -0.2) is 24.6 Å². The molecule has 1 heterocycles. The van der Waals surface area contributed by atoms with Gasteiger partial charge in [0.15, 0.2) is 0 Å². The average molecular weight is 337 g/mol. The molecule has 0 saturated heterocycles. The second-order valence-electron chi connectivity index (χ2n) is 5.69. The highest BCUT2D eigenvalue weighted by Crippen LogP contribution is 2.33. The Morgan fingerprint density at radius 3 is 2.95 bits per heavy atom. The predicted octanol–water partition coefficient (Wildman–Crippen LogP) is 3.76. The van der Waals surface area contributed by atoms with Crippen LogP contribution in [0.15, 0.2) is 16.6 Å². The molecule has 2 rings (SSSR count). The number of halogens is 1. The van der Waals surface area contributed by atoms with Gasteiger partial charge in [-0.3, -0.25) is 4.90 Å². The summed E-state index contributed by atoms with van der Waals surface area (Å²) >= 11 is 3.58. The van der Waals surface area contributed by atoms with Gasteiger partial charge in [-0.05, 0) is 23.6 Å². The molecular weight excluding hydrogens is 316 g/mol. The van der Waals surface area contributed by atoms with Gasteiger partial charge in [-0.2, -0.15) is 5.26 Å². The highest BCUT2D eigenvalue weighted by Gasteiger charge is 2.19. The molecule has 0 unspecified atom stereocenters. The van der Waals surface area contributed by atoms with E-state index in [1.165, 1.54) is 11.1 Å². The first kappa shape index (κ1) is 15.3. The summed E-state index contributed by atoms with van der Waals surface area (Å²) in [6.07, 6.45) is 1.56. The van der Waals surface area contributed by atoms with Gasteiger partial charge in [-0.1, -0.05) is 29.8 Å². The van der Waals surface area contributed by atoms with E-state index in [9.17, 15) is 0 Å². The Bertz CT molecular complexity index is 508. The fraction of sp³-hybridized carbons (Fsp3) is 0.562.